The second-order valence-electron chi connectivity index (χ2n) is 3.67. The van der Waals surface area contributed by atoms with Gasteiger partial charge in [0.2, 0.25) is 0 Å². The Kier molecular flexibility index (Phi) is 2.15. The Bertz CT molecular complexity index is 516. The van der Waals surface area contributed by atoms with Crippen LogP contribution in [-0.4, -0.2) is 25.7 Å². The molecule has 0 aliphatic rings. The van der Waals surface area contributed by atoms with E-state index in [2.05, 4.69) is 10.1 Å². The molecule has 0 amide bonds. The maximum atomic E-state index is 11.0. The average molecular weight is 205 g/mol. The minimum absolute atomic E-state index is 0.143. The van der Waals surface area contributed by atoms with E-state index in [0.29, 0.717) is 11.2 Å². The molecule has 0 aliphatic carbocycles. The lowest BCUT2D eigenvalue weighted by Crippen LogP contribution is -2.06. The van der Waals surface area contributed by atoms with Gasteiger partial charge in [-0.15, -0.1) is 0 Å². The predicted molar refractivity (Wildman–Crippen MR) is 54.0 cm³/mol. The van der Waals surface area contributed by atoms with Crippen LogP contribution in [0, 0.1) is 0 Å². The number of hydrogen-bond donors (Lipinski definition) is 1. The molecule has 0 saturated carbocycles. The summed E-state index contributed by atoms with van der Waals surface area (Å²) < 4.78 is 1.59. The number of aromatic carboxylic acids is 1. The topological polar surface area (TPSA) is 67.5 Å². The van der Waals surface area contributed by atoms with Gasteiger partial charge < -0.3 is 5.11 Å². The van der Waals surface area contributed by atoms with Crippen molar-refractivity contribution in [1.82, 2.24) is 14.6 Å². The van der Waals surface area contributed by atoms with Crippen molar-refractivity contribution in [2.24, 2.45) is 0 Å². The number of carbonyl (C=O) groups is 1. The molecule has 2 rings (SSSR count). The summed E-state index contributed by atoms with van der Waals surface area (Å²) in [7, 11) is 0. The second-order valence-corrected chi connectivity index (χ2v) is 3.67. The van der Waals surface area contributed by atoms with Gasteiger partial charge in [0.15, 0.2) is 5.65 Å². The van der Waals surface area contributed by atoms with E-state index in [0.717, 1.165) is 5.56 Å². The first-order valence-electron chi connectivity index (χ1n) is 4.66. The Balaban J connectivity index is 2.73. The normalized spacial score (nSPS) is 11.1. The van der Waals surface area contributed by atoms with Crippen LogP contribution in [0.1, 0.15) is 35.7 Å². The smallest absolute Gasteiger partial charge is 0.336 e. The molecule has 15 heavy (non-hydrogen) atoms. The van der Waals surface area contributed by atoms with Gasteiger partial charge in [0.25, 0.3) is 0 Å². The van der Waals surface area contributed by atoms with Crippen molar-refractivity contribution >= 4 is 11.6 Å². The Morgan fingerprint density at radius 1 is 1.53 bits per heavy atom. The third-order valence-electron chi connectivity index (χ3n) is 2.30. The highest BCUT2D eigenvalue weighted by Crippen LogP contribution is 2.20. The van der Waals surface area contributed by atoms with Gasteiger partial charge in [-0.1, -0.05) is 13.8 Å². The molecular weight excluding hydrogens is 194 g/mol. The lowest BCUT2D eigenvalue weighted by Gasteiger charge is -2.09. The number of aromatic nitrogens is 3. The van der Waals surface area contributed by atoms with Crippen molar-refractivity contribution in [2.75, 3.05) is 0 Å². The quantitative estimate of drug-likeness (QED) is 0.807. The Hall–Kier alpha value is -1.91. The van der Waals surface area contributed by atoms with Gasteiger partial charge in [-0.25, -0.2) is 14.3 Å². The van der Waals surface area contributed by atoms with Crippen LogP contribution in [0.4, 0.5) is 0 Å². The first-order chi connectivity index (χ1) is 7.09. The number of rotatable bonds is 2. The summed E-state index contributed by atoms with van der Waals surface area (Å²) >= 11 is 0. The molecule has 78 valence electrons. The van der Waals surface area contributed by atoms with Crippen LogP contribution in [0.2, 0.25) is 0 Å². The van der Waals surface area contributed by atoms with Crippen molar-refractivity contribution < 1.29 is 9.90 Å². The number of hydrogen-bond acceptors (Lipinski definition) is 3. The molecule has 0 aliphatic heterocycles. The van der Waals surface area contributed by atoms with E-state index < -0.39 is 5.97 Å². The largest absolute Gasteiger partial charge is 0.478 e. The van der Waals surface area contributed by atoms with Crippen molar-refractivity contribution in [3.63, 3.8) is 0 Å². The van der Waals surface area contributed by atoms with Gasteiger partial charge in [-0.05, 0) is 17.5 Å². The Morgan fingerprint density at radius 2 is 2.27 bits per heavy atom. The minimum atomic E-state index is -0.927. The summed E-state index contributed by atoms with van der Waals surface area (Å²) in [4.78, 5) is 15.0. The summed E-state index contributed by atoms with van der Waals surface area (Å²) in [5, 5.41) is 13.0. The van der Waals surface area contributed by atoms with E-state index in [-0.39, 0.29) is 5.92 Å². The summed E-state index contributed by atoms with van der Waals surface area (Å²) in [6, 6.07) is 1.55. The molecule has 0 radical (unpaired) electrons. The molecule has 0 aromatic carbocycles. The predicted octanol–water partition coefficient (Wildman–Crippen LogP) is 1.55. The van der Waals surface area contributed by atoms with Crippen molar-refractivity contribution in [1.29, 1.82) is 0 Å². The molecule has 0 bridgehead atoms. The number of pyridine rings is 1. The zero-order valence-electron chi connectivity index (χ0n) is 8.51. The fourth-order valence-corrected chi connectivity index (χ4v) is 1.52. The van der Waals surface area contributed by atoms with Crippen LogP contribution in [0.5, 0.6) is 0 Å². The lowest BCUT2D eigenvalue weighted by molar-refractivity contribution is 0.0695. The standard InChI is InChI=1S/C10H11N3O2/c1-6(2)8-4-13-9(11-5-12-13)3-7(8)10(14)15/h3-6H,1-2H3,(H,14,15). The highest BCUT2D eigenvalue weighted by molar-refractivity contribution is 5.90. The van der Waals surface area contributed by atoms with Gasteiger partial charge in [0.1, 0.15) is 6.33 Å². The monoisotopic (exact) mass is 205 g/mol. The van der Waals surface area contributed by atoms with E-state index in [4.69, 9.17) is 5.11 Å². The van der Waals surface area contributed by atoms with Gasteiger partial charge in [0, 0.05) is 6.20 Å². The Morgan fingerprint density at radius 3 is 2.87 bits per heavy atom. The van der Waals surface area contributed by atoms with Crippen molar-refractivity contribution in [3.05, 3.63) is 29.7 Å². The highest BCUT2D eigenvalue weighted by atomic mass is 16.4. The fourth-order valence-electron chi connectivity index (χ4n) is 1.52. The number of carboxylic acid groups (broad SMARTS) is 1. The summed E-state index contributed by atoms with van der Waals surface area (Å²) in [5.41, 5.74) is 1.61. The molecule has 0 atom stereocenters. The maximum Gasteiger partial charge on any atom is 0.336 e. The van der Waals surface area contributed by atoms with Gasteiger partial charge >= 0.3 is 5.97 Å². The molecule has 0 fully saturated rings. The SMILES string of the molecule is CC(C)c1cn2ncnc2cc1C(=O)O. The molecule has 0 saturated heterocycles. The van der Waals surface area contributed by atoms with E-state index in [9.17, 15) is 4.79 Å². The minimum Gasteiger partial charge on any atom is -0.478 e. The van der Waals surface area contributed by atoms with Crippen LogP contribution >= 0.6 is 0 Å². The second kappa shape index (κ2) is 3.34. The third-order valence-corrected chi connectivity index (χ3v) is 2.30. The maximum absolute atomic E-state index is 11.0. The molecule has 0 spiro atoms. The van der Waals surface area contributed by atoms with E-state index in [1.54, 1.807) is 16.8 Å². The molecule has 1 N–H and O–H groups in total. The fraction of sp³-hybridized carbons (Fsp3) is 0.300. The van der Waals surface area contributed by atoms with E-state index in [1.165, 1.54) is 6.33 Å². The van der Waals surface area contributed by atoms with Crippen molar-refractivity contribution in [3.8, 4) is 0 Å². The lowest BCUT2D eigenvalue weighted by atomic mass is 10.00. The zero-order chi connectivity index (χ0) is 11.0. The third kappa shape index (κ3) is 1.56. The molecule has 5 heteroatoms. The van der Waals surface area contributed by atoms with Crippen LogP contribution in [0.25, 0.3) is 5.65 Å². The van der Waals surface area contributed by atoms with E-state index in [1.807, 2.05) is 13.8 Å². The summed E-state index contributed by atoms with van der Waals surface area (Å²) in [5.74, 6) is -0.783. The first kappa shape index (κ1) is 9.64. The van der Waals surface area contributed by atoms with Gasteiger partial charge in [0.05, 0.1) is 5.56 Å². The number of fused-ring (bicyclic) bond motifs is 1. The number of nitrogens with zero attached hydrogens (tertiary/aromatic N) is 3. The van der Waals surface area contributed by atoms with Crippen LogP contribution in [-0.2, 0) is 0 Å². The Labute approximate surface area is 86.4 Å². The molecule has 2 heterocycles. The van der Waals surface area contributed by atoms with Crippen LogP contribution < -0.4 is 0 Å². The molecule has 5 nitrogen and oxygen atoms in total. The molecule has 2 aromatic heterocycles. The first-order valence-corrected chi connectivity index (χ1v) is 4.66. The molecular formula is C10H11N3O2. The van der Waals surface area contributed by atoms with Crippen LogP contribution in [0.3, 0.4) is 0 Å². The van der Waals surface area contributed by atoms with Crippen molar-refractivity contribution in [2.45, 2.75) is 19.8 Å². The zero-order valence-corrected chi connectivity index (χ0v) is 8.51. The van der Waals surface area contributed by atoms with Crippen LogP contribution in [0.15, 0.2) is 18.6 Å². The van der Waals surface area contributed by atoms with E-state index >= 15 is 0 Å². The number of carboxylic acids is 1. The molecule has 2 aromatic rings. The van der Waals surface area contributed by atoms with Gasteiger partial charge in [-0.3, -0.25) is 0 Å². The van der Waals surface area contributed by atoms with Gasteiger partial charge in [-0.2, -0.15) is 5.10 Å². The summed E-state index contributed by atoms with van der Waals surface area (Å²) in [6.45, 7) is 3.90. The summed E-state index contributed by atoms with van der Waals surface area (Å²) in [6.07, 6.45) is 3.13. The highest BCUT2D eigenvalue weighted by Gasteiger charge is 2.14. The average Bonchev–Trinajstić information content (AvgIpc) is 2.61. The molecule has 0 unspecified atom stereocenters.